The van der Waals surface area contributed by atoms with Gasteiger partial charge < -0.3 is 5.32 Å². The van der Waals surface area contributed by atoms with Crippen LogP contribution in [0.1, 0.15) is 35.7 Å². The molecular formula is C32H31ClN6O3S2. The van der Waals surface area contributed by atoms with E-state index in [4.69, 9.17) is 11.6 Å². The number of hydrogen-bond acceptors (Lipinski definition) is 7. The summed E-state index contributed by atoms with van der Waals surface area (Å²) in [6, 6.07) is 28.5. The third-order valence-electron chi connectivity index (χ3n) is 6.86. The van der Waals surface area contributed by atoms with E-state index in [-0.39, 0.29) is 12.0 Å². The number of rotatable bonds is 12. The Labute approximate surface area is 265 Å². The number of nitrogens with one attached hydrogen (secondary N) is 3. The first-order valence-corrected chi connectivity index (χ1v) is 17.0. The quantitative estimate of drug-likeness (QED) is 0.134. The van der Waals surface area contributed by atoms with Gasteiger partial charge in [0.15, 0.2) is 5.13 Å². The molecule has 2 heterocycles. The van der Waals surface area contributed by atoms with Gasteiger partial charge in [0, 0.05) is 42.0 Å². The largest absolute Gasteiger partial charge is 0.335 e. The van der Waals surface area contributed by atoms with Crippen LogP contribution in [0.4, 0.5) is 15.6 Å². The Hall–Kier alpha value is -4.32. The van der Waals surface area contributed by atoms with Crippen LogP contribution in [0.3, 0.4) is 0 Å². The SMILES string of the molecule is CS(=O)(=O)Nc1ccc(-c2nc(NC(=O)NC(CCC(c3ccccc3)c3ccccc3)Cc3ncccn3)sc2Cl)cc1. The van der Waals surface area contributed by atoms with Crippen molar-refractivity contribution in [3.8, 4) is 11.3 Å². The molecule has 0 aliphatic rings. The van der Waals surface area contributed by atoms with Crippen molar-refractivity contribution in [2.45, 2.75) is 31.2 Å². The molecule has 1 atom stereocenters. The maximum absolute atomic E-state index is 13.2. The van der Waals surface area contributed by atoms with E-state index in [0.29, 0.717) is 45.1 Å². The summed E-state index contributed by atoms with van der Waals surface area (Å²) < 4.78 is 25.8. The zero-order chi connectivity index (χ0) is 30.9. The maximum Gasteiger partial charge on any atom is 0.321 e. The van der Waals surface area contributed by atoms with Crippen molar-refractivity contribution < 1.29 is 13.2 Å². The number of thiazole rings is 1. The number of halogens is 1. The van der Waals surface area contributed by atoms with E-state index in [2.05, 4.69) is 54.6 Å². The molecule has 5 rings (SSSR count). The number of aromatic nitrogens is 3. The van der Waals surface area contributed by atoms with Gasteiger partial charge in [0.1, 0.15) is 15.9 Å². The second-order valence-electron chi connectivity index (χ2n) is 10.2. The molecule has 44 heavy (non-hydrogen) atoms. The fourth-order valence-corrected chi connectivity index (χ4v) is 6.55. The van der Waals surface area contributed by atoms with Gasteiger partial charge in [0.05, 0.1) is 6.26 Å². The zero-order valence-electron chi connectivity index (χ0n) is 23.9. The maximum atomic E-state index is 13.2. The average Bonchev–Trinajstić information content (AvgIpc) is 3.37. The number of hydrogen-bond donors (Lipinski definition) is 3. The molecule has 3 N–H and O–H groups in total. The van der Waals surface area contributed by atoms with Gasteiger partial charge in [-0.2, -0.15) is 0 Å². The van der Waals surface area contributed by atoms with Gasteiger partial charge in [0.25, 0.3) is 0 Å². The van der Waals surface area contributed by atoms with E-state index in [0.717, 1.165) is 24.0 Å². The van der Waals surface area contributed by atoms with E-state index >= 15 is 0 Å². The van der Waals surface area contributed by atoms with Crippen molar-refractivity contribution in [1.82, 2.24) is 20.3 Å². The molecule has 0 aliphatic heterocycles. The summed E-state index contributed by atoms with van der Waals surface area (Å²) in [6.45, 7) is 0. The predicted octanol–water partition coefficient (Wildman–Crippen LogP) is 6.97. The highest BCUT2D eigenvalue weighted by molar-refractivity contribution is 7.92. The highest BCUT2D eigenvalue weighted by Gasteiger charge is 2.21. The van der Waals surface area contributed by atoms with Crippen LogP contribution in [0.2, 0.25) is 4.34 Å². The minimum absolute atomic E-state index is 0.154. The van der Waals surface area contributed by atoms with Crippen LogP contribution >= 0.6 is 22.9 Å². The molecule has 0 radical (unpaired) electrons. The van der Waals surface area contributed by atoms with Crippen LogP contribution in [0, 0.1) is 0 Å². The molecule has 0 spiro atoms. The number of anilines is 2. The first kappa shape index (κ1) is 31.1. The molecule has 2 amide bonds. The molecule has 2 aromatic heterocycles. The normalized spacial score (nSPS) is 12.1. The van der Waals surface area contributed by atoms with Crippen LogP contribution < -0.4 is 15.4 Å². The molecule has 0 fully saturated rings. The molecule has 5 aromatic rings. The third-order valence-corrected chi connectivity index (χ3v) is 8.64. The van der Waals surface area contributed by atoms with E-state index in [1.165, 1.54) is 11.1 Å². The highest BCUT2D eigenvalue weighted by atomic mass is 35.5. The van der Waals surface area contributed by atoms with Crippen molar-refractivity contribution in [1.29, 1.82) is 0 Å². The van der Waals surface area contributed by atoms with Crippen LogP contribution in [-0.2, 0) is 16.4 Å². The van der Waals surface area contributed by atoms with Crippen molar-refractivity contribution in [2.24, 2.45) is 0 Å². The number of carbonyl (C=O) groups is 1. The monoisotopic (exact) mass is 646 g/mol. The van der Waals surface area contributed by atoms with Gasteiger partial charge in [-0.25, -0.2) is 28.2 Å². The van der Waals surface area contributed by atoms with Gasteiger partial charge >= 0.3 is 6.03 Å². The lowest BCUT2D eigenvalue weighted by Crippen LogP contribution is -2.40. The second-order valence-corrected chi connectivity index (χ2v) is 13.6. The Balaban J connectivity index is 1.29. The van der Waals surface area contributed by atoms with Crippen LogP contribution in [0.5, 0.6) is 0 Å². The molecule has 1 unspecified atom stereocenters. The summed E-state index contributed by atoms with van der Waals surface area (Å²) >= 11 is 7.62. The first-order chi connectivity index (χ1) is 21.2. The molecule has 9 nitrogen and oxygen atoms in total. The van der Waals surface area contributed by atoms with Crippen LogP contribution in [-0.4, -0.2) is 41.7 Å². The van der Waals surface area contributed by atoms with Crippen LogP contribution in [0.25, 0.3) is 11.3 Å². The molecule has 3 aromatic carbocycles. The number of amides is 2. The minimum atomic E-state index is -3.39. The van der Waals surface area contributed by atoms with E-state index in [1.54, 1.807) is 42.7 Å². The summed E-state index contributed by atoms with van der Waals surface area (Å²) in [5.74, 6) is 0.794. The van der Waals surface area contributed by atoms with E-state index < -0.39 is 16.1 Å². The summed E-state index contributed by atoms with van der Waals surface area (Å²) in [4.78, 5) is 26.5. The molecule has 0 aliphatic carbocycles. The molecule has 12 heteroatoms. The van der Waals surface area contributed by atoms with Crippen LogP contribution in [0.15, 0.2) is 103 Å². The summed E-state index contributed by atoms with van der Waals surface area (Å²) in [6.07, 6.45) is 6.41. The van der Waals surface area contributed by atoms with Crippen molar-refractivity contribution in [2.75, 3.05) is 16.3 Å². The van der Waals surface area contributed by atoms with Crippen molar-refractivity contribution >= 4 is 49.8 Å². The fraction of sp³-hybridized carbons (Fsp3) is 0.188. The number of benzene rings is 3. The summed E-state index contributed by atoms with van der Waals surface area (Å²) in [7, 11) is -3.39. The highest BCUT2D eigenvalue weighted by Crippen LogP contribution is 2.36. The Morgan fingerprint density at radius 3 is 2.07 bits per heavy atom. The van der Waals surface area contributed by atoms with Gasteiger partial charge in [-0.15, -0.1) is 0 Å². The zero-order valence-corrected chi connectivity index (χ0v) is 26.2. The molecule has 226 valence electrons. The number of nitrogens with zero attached hydrogens (tertiary/aromatic N) is 3. The number of urea groups is 1. The minimum Gasteiger partial charge on any atom is -0.335 e. The molecule has 0 saturated carbocycles. The summed E-state index contributed by atoms with van der Waals surface area (Å²) in [5.41, 5.74) is 4.02. The number of carbonyl (C=O) groups excluding carboxylic acids is 1. The molecular weight excluding hydrogens is 616 g/mol. The van der Waals surface area contributed by atoms with Crippen molar-refractivity contribution in [3.05, 3.63) is 125 Å². The fourth-order valence-electron chi connectivity index (χ4n) is 4.91. The Morgan fingerprint density at radius 1 is 0.864 bits per heavy atom. The number of sulfonamides is 1. The topological polar surface area (TPSA) is 126 Å². The smallest absolute Gasteiger partial charge is 0.321 e. The average molecular weight is 647 g/mol. The van der Waals surface area contributed by atoms with Gasteiger partial charge in [-0.3, -0.25) is 10.0 Å². The van der Waals surface area contributed by atoms with Gasteiger partial charge in [-0.1, -0.05) is 95.7 Å². The van der Waals surface area contributed by atoms with Gasteiger partial charge in [-0.05, 0) is 42.2 Å². The third kappa shape index (κ3) is 8.85. The Morgan fingerprint density at radius 2 is 1.48 bits per heavy atom. The summed E-state index contributed by atoms with van der Waals surface area (Å²) in [5, 5.41) is 6.26. The first-order valence-electron chi connectivity index (χ1n) is 13.9. The standard InChI is InChI=1S/C32H31ClN6O3S2/c1-44(41,42)39-25-15-13-24(14-16-25)29-30(33)43-32(37-29)38-31(40)36-26(21-28-34-19-8-20-35-28)17-18-27(22-9-4-2-5-10-22)23-11-6-3-7-12-23/h2-16,19-20,26-27,39H,17-18,21H2,1H3,(H2,36,37,38,40). The van der Waals surface area contributed by atoms with Crippen molar-refractivity contribution in [3.63, 3.8) is 0 Å². The molecule has 0 saturated heterocycles. The molecule has 0 bridgehead atoms. The van der Waals surface area contributed by atoms with E-state index in [9.17, 15) is 13.2 Å². The van der Waals surface area contributed by atoms with Gasteiger partial charge in [0.2, 0.25) is 10.0 Å². The predicted molar refractivity (Wildman–Crippen MR) is 177 cm³/mol. The Kier molecular flexibility index (Phi) is 10.2. The second kappa shape index (κ2) is 14.4. The lowest BCUT2D eigenvalue weighted by Gasteiger charge is -2.23. The van der Waals surface area contributed by atoms with E-state index in [1.807, 2.05) is 36.4 Å². The Bertz CT molecular complexity index is 1730. The lowest BCUT2D eigenvalue weighted by atomic mass is 9.86. The lowest BCUT2D eigenvalue weighted by molar-refractivity contribution is 0.247.